The maximum atomic E-state index is 12.2. The molecule has 0 aromatic heterocycles. The Morgan fingerprint density at radius 3 is 2.45 bits per heavy atom. The summed E-state index contributed by atoms with van der Waals surface area (Å²) in [5.74, 6) is 0.589. The molecule has 2 aromatic carbocycles. The highest BCUT2D eigenvalue weighted by molar-refractivity contribution is 7.92. The second-order valence-electron chi connectivity index (χ2n) is 4.14. The van der Waals surface area contributed by atoms with Crippen LogP contribution in [0.1, 0.15) is 5.56 Å². The van der Waals surface area contributed by atoms with Gasteiger partial charge < -0.3 is 9.84 Å². The van der Waals surface area contributed by atoms with Crippen LogP contribution in [0.5, 0.6) is 5.75 Å². The van der Waals surface area contributed by atoms with E-state index in [1.807, 2.05) is 0 Å². The highest BCUT2D eigenvalue weighted by Crippen LogP contribution is 2.19. The third-order valence-electron chi connectivity index (χ3n) is 2.73. The van der Waals surface area contributed by atoms with Gasteiger partial charge in [-0.1, -0.05) is 12.1 Å². The first-order chi connectivity index (χ1) is 9.55. The molecule has 0 radical (unpaired) electrons. The second-order valence-corrected chi connectivity index (χ2v) is 5.82. The van der Waals surface area contributed by atoms with Crippen LogP contribution < -0.4 is 9.46 Å². The van der Waals surface area contributed by atoms with Gasteiger partial charge in [0.2, 0.25) is 0 Å². The highest BCUT2D eigenvalue weighted by Gasteiger charge is 2.14. The number of methoxy groups -OCH3 is 1. The zero-order valence-electron chi connectivity index (χ0n) is 10.9. The zero-order chi connectivity index (χ0) is 14.6. The van der Waals surface area contributed by atoms with Crippen molar-refractivity contribution in [3.05, 3.63) is 54.1 Å². The van der Waals surface area contributed by atoms with Gasteiger partial charge in [-0.25, -0.2) is 8.42 Å². The molecule has 0 saturated heterocycles. The maximum Gasteiger partial charge on any atom is 0.261 e. The lowest BCUT2D eigenvalue weighted by Gasteiger charge is -2.09. The molecule has 0 aliphatic rings. The molecule has 2 N–H and O–H groups in total. The Morgan fingerprint density at radius 2 is 1.85 bits per heavy atom. The summed E-state index contributed by atoms with van der Waals surface area (Å²) in [7, 11) is -2.13. The van der Waals surface area contributed by atoms with Gasteiger partial charge in [0.1, 0.15) is 5.75 Å². The Labute approximate surface area is 117 Å². The van der Waals surface area contributed by atoms with Crippen molar-refractivity contribution in [1.29, 1.82) is 0 Å². The fourth-order valence-corrected chi connectivity index (χ4v) is 2.75. The number of ether oxygens (including phenoxy) is 1. The summed E-state index contributed by atoms with van der Waals surface area (Å²) in [6, 6.07) is 12.7. The first-order valence-electron chi connectivity index (χ1n) is 5.92. The van der Waals surface area contributed by atoms with E-state index < -0.39 is 10.0 Å². The van der Waals surface area contributed by atoms with Crippen LogP contribution in [0.2, 0.25) is 0 Å². The Hall–Kier alpha value is -2.05. The molecular formula is C14H15NO4S. The van der Waals surface area contributed by atoms with Gasteiger partial charge in [0.15, 0.2) is 0 Å². The van der Waals surface area contributed by atoms with Crippen LogP contribution in [0.3, 0.4) is 0 Å². The summed E-state index contributed by atoms with van der Waals surface area (Å²) in [5.41, 5.74) is 1.05. The monoisotopic (exact) mass is 293 g/mol. The molecule has 0 aliphatic heterocycles. The van der Waals surface area contributed by atoms with Gasteiger partial charge in [0.25, 0.3) is 10.0 Å². The molecule has 6 heteroatoms. The van der Waals surface area contributed by atoms with Crippen molar-refractivity contribution >= 4 is 15.7 Å². The third kappa shape index (κ3) is 3.28. The topological polar surface area (TPSA) is 75.6 Å². The van der Waals surface area contributed by atoms with Gasteiger partial charge in [-0.3, -0.25) is 4.72 Å². The molecule has 0 bridgehead atoms. The standard InChI is InChI=1S/C14H15NO4S/c1-19-13-5-7-14(8-6-13)20(17,18)15-12-4-2-3-11(9-12)10-16/h2-9,15-16H,10H2,1H3. The van der Waals surface area contributed by atoms with E-state index >= 15 is 0 Å². The lowest BCUT2D eigenvalue weighted by Crippen LogP contribution is -2.13. The molecule has 0 fully saturated rings. The van der Waals surface area contributed by atoms with E-state index in [0.717, 1.165) is 0 Å². The van der Waals surface area contributed by atoms with Crippen LogP contribution >= 0.6 is 0 Å². The van der Waals surface area contributed by atoms with Gasteiger partial charge >= 0.3 is 0 Å². The van der Waals surface area contributed by atoms with Crippen LogP contribution in [0, 0.1) is 0 Å². The Bertz CT molecular complexity index is 681. The average Bonchev–Trinajstić information content (AvgIpc) is 2.47. The number of rotatable bonds is 5. The largest absolute Gasteiger partial charge is 0.497 e. The lowest BCUT2D eigenvalue weighted by molar-refractivity contribution is 0.282. The molecule has 2 rings (SSSR count). The summed E-state index contributed by atoms with van der Waals surface area (Å²) >= 11 is 0. The summed E-state index contributed by atoms with van der Waals surface area (Å²) in [5, 5.41) is 9.04. The van der Waals surface area contributed by atoms with Gasteiger partial charge in [0, 0.05) is 5.69 Å². The Balaban J connectivity index is 2.25. The number of aliphatic hydroxyl groups is 1. The number of sulfonamides is 1. The average molecular weight is 293 g/mol. The Morgan fingerprint density at radius 1 is 1.15 bits per heavy atom. The maximum absolute atomic E-state index is 12.2. The van der Waals surface area contributed by atoms with Crippen LogP contribution in [-0.2, 0) is 16.6 Å². The number of aliphatic hydroxyl groups excluding tert-OH is 1. The number of hydrogen-bond donors (Lipinski definition) is 2. The van der Waals surface area contributed by atoms with Crippen LogP contribution in [0.25, 0.3) is 0 Å². The minimum atomic E-state index is -3.65. The van der Waals surface area contributed by atoms with Crippen molar-refractivity contribution in [1.82, 2.24) is 0 Å². The van der Waals surface area contributed by atoms with Crippen LogP contribution in [0.15, 0.2) is 53.4 Å². The van der Waals surface area contributed by atoms with Gasteiger partial charge in [0.05, 0.1) is 18.6 Å². The van der Waals surface area contributed by atoms with Crippen LogP contribution in [-0.4, -0.2) is 20.6 Å². The zero-order valence-corrected chi connectivity index (χ0v) is 11.7. The summed E-state index contributed by atoms with van der Waals surface area (Å²) in [6.45, 7) is -0.141. The van der Waals surface area contributed by atoms with E-state index in [9.17, 15) is 8.42 Å². The predicted molar refractivity (Wildman–Crippen MR) is 76.2 cm³/mol. The molecule has 0 atom stereocenters. The molecule has 106 valence electrons. The number of anilines is 1. The fourth-order valence-electron chi connectivity index (χ4n) is 1.70. The molecule has 0 amide bonds. The molecule has 0 unspecified atom stereocenters. The van der Waals surface area contributed by atoms with Crippen molar-refractivity contribution in [2.24, 2.45) is 0 Å². The van der Waals surface area contributed by atoms with Crippen molar-refractivity contribution in [3.63, 3.8) is 0 Å². The van der Waals surface area contributed by atoms with E-state index in [1.54, 1.807) is 36.4 Å². The van der Waals surface area contributed by atoms with Gasteiger partial charge in [-0.15, -0.1) is 0 Å². The first-order valence-corrected chi connectivity index (χ1v) is 7.40. The minimum absolute atomic E-state index is 0.141. The third-order valence-corrected chi connectivity index (χ3v) is 4.13. The van der Waals surface area contributed by atoms with E-state index in [2.05, 4.69) is 4.72 Å². The van der Waals surface area contributed by atoms with Gasteiger partial charge in [-0.2, -0.15) is 0 Å². The molecule has 2 aromatic rings. The van der Waals surface area contributed by atoms with Crippen molar-refractivity contribution in [2.45, 2.75) is 11.5 Å². The highest BCUT2D eigenvalue weighted by atomic mass is 32.2. The predicted octanol–water partition coefficient (Wildman–Crippen LogP) is 1.99. The van der Waals surface area contributed by atoms with E-state index in [-0.39, 0.29) is 11.5 Å². The van der Waals surface area contributed by atoms with Crippen LogP contribution in [0.4, 0.5) is 5.69 Å². The first kappa shape index (κ1) is 14.4. The van der Waals surface area contributed by atoms with E-state index in [1.165, 1.54) is 19.2 Å². The summed E-state index contributed by atoms with van der Waals surface area (Å²) in [4.78, 5) is 0.146. The summed E-state index contributed by atoms with van der Waals surface area (Å²) in [6.07, 6.45) is 0. The lowest BCUT2D eigenvalue weighted by atomic mass is 10.2. The van der Waals surface area contributed by atoms with E-state index in [4.69, 9.17) is 9.84 Å². The molecule has 0 heterocycles. The molecule has 0 spiro atoms. The Kier molecular flexibility index (Phi) is 4.26. The SMILES string of the molecule is COc1ccc(S(=O)(=O)Nc2cccc(CO)c2)cc1. The molecule has 20 heavy (non-hydrogen) atoms. The smallest absolute Gasteiger partial charge is 0.261 e. The van der Waals surface area contributed by atoms with Crippen molar-refractivity contribution < 1.29 is 18.3 Å². The number of hydrogen-bond acceptors (Lipinski definition) is 4. The normalized spacial score (nSPS) is 11.1. The number of nitrogens with one attached hydrogen (secondary N) is 1. The van der Waals surface area contributed by atoms with Crippen molar-refractivity contribution in [2.75, 3.05) is 11.8 Å². The molecule has 0 aliphatic carbocycles. The fraction of sp³-hybridized carbons (Fsp3) is 0.143. The number of benzene rings is 2. The summed E-state index contributed by atoms with van der Waals surface area (Å²) < 4.78 is 31.8. The molecule has 0 saturated carbocycles. The molecule has 5 nitrogen and oxygen atoms in total. The van der Waals surface area contributed by atoms with Gasteiger partial charge in [-0.05, 0) is 42.0 Å². The van der Waals surface area contributed by atoms with Crippen molar-refractivity contribution in [3.8, 4) is 5.75 Å². The van der Waals surface area contributed by atoms with E-state index in [0.29, 0.717) is 17.0 Å². The molecular weight excluding hydrogens is 278 g/mol. The second kappa shape index (κ2) is 5.94. The quantitative estimate of drug-likeness (QED) is 0.884. The minimum Gasteiger partial charge on any atom is -0.497 e.